The maximum Gasteiger partial charge on any atom is 0.338 e. The zero-order valence-electron chi connectivity index (χ0n) is 14.8. The van der Waals surface area contributed by atoms with Crippen LogP contribution in [0.1, 0.15) is 22.7 Å². The number of carbonyl (C=O) groups is 1. The lowest BCUT2D eigenvalue weighted by Gasteiger charge is -2.07. The zero-order valence-corrected chi connectivity index (χ0v) is 16.4. The fraction of sp³-hybridized carbons (Fsp3) is 0.222. The first kappa shape index (κ1) is 20.0. The van der Waals surface area contributed by atoms with Crippen LogP contribution in [0.3, 0.4) is 0 Å². The topological polar surface area (TPSA) is 112 Å². The van der Waals surface area contributed by atoms with Crippen LogP contribution >= 0.6 is 11.6 Å². The van der Waals surface area contributed by atoms with Crippen LogP contribution in [0.25, 0.3) is 11.4 Å². The van der Waals surface area contributed by atoms with Crippen molar-refractivity contribution in [2.75, 3.05) is 12.9 Å². The van der Waals surface area contributed by atoms with Crippen molar-refractivity contribution >= 4 is 27.4 Å². The molecule has 0 saturated heterocycles. The number of carbonyl (C=O) groups excluding carboxylic acids is 1. The predicted molar refractivity (Wildman–Crippen MR) is 101 cm³/mol. The highest BCUT2D eigenvalue weighted by Gasteiger charge is 2.17. The van der Waals surface area contributed by atoms with E-state index in [0.717, 1.165) is 11.8 Å². The first-order valence-electron chi connectivity index (χ1n) is 8.24. The van der Waals surface area contributed by atoms with Gasteiger partial charge in [0, 0.05) is 30.6 Å². The van der Waals surface area contributed by atoms with Gasteiger partial charge in [-0.15, -0.1) is 0 Å². The first-order valence-corrected chi connectivity index (χ1v) is 10.5. The van der Waals surface area contributed by atoms with Gasteiger partial charge in [-0.1, -0.05) is 16.8 Å². The second kappa shape index (κ2) is 8.49. The van der Waals surface area contributed by atoms with E-state index in [2.05, 4.69) is 15.1 Å². The summed E-state index contributed by atoms with van der Waals surface area (Å²) in [5.41, 5.74) is 0.856. The molecule has 0 aliphatic heterocycles. The molecule has 3 rings (SSSR count). The Bertz CT molecular complexity index is 1080. The number of sulfone groups is 1. The van der Waals surface area contributed by atoms with Crippen molar-refractivity contribution in [1.82, 2.24) is 15.1 Å². The van der Waals surface area contributed by atoms with Crippen LogP contribution in [-0.2, 0) is 21.0 Å². The second-order valence-corrected chi connectivity index (χ2v) is 8.30. The molecule has 0 N–H and O–H groups in total. The third kappa shape index (κ3) is 4.93. The molecule has 0 aliphatic rings. The maximum atomic E-state index is 12.1. The summed E-state index contributed by atoms with van der Waals surface area (Å²) in [6, 6.07) is 7.57. The van der Waals surface area contributed by atoms with Gasteiger partial charge in [-0.3, -0.25) is 4.98 Å². The van der Waals surface area contributed by atoms with Crippen molar-refractivity contribution in [3.63, 3.8) is 0 Å². The summed E-state index contributed by atoms with van der Waals surface area (Å²) in [4.78, 5) is 20.3. The van der Waals surface area contributed by atoms with Crippen LogP contribution in [-0.4, -0.2) is 42.4 Å². The van der Waals surface area contributed by atoms with E-state index < -0.39 is 15.8 Å². The molecule has 146 valence electrons. The molecule has 2 heterocycles. The summed E-state index contributed by atoms with van der Waals surface area (Å²) in [5, 5.41) is 3.94. The van der Waals surface area contributed by atoms with Crippen molar-refractivity contribution in [2.45, 2.75) is 17.7 Å². The molecule has 0 amide bonds. The zero-order chi connectivity index (χ0) is 20.1. The molecular weight excluding hydrogens is 406 g/mol. The Morgan fingerprint density at radius 1 is 1.29 bits per heavy atom. The minimum absolute atomic E-state index is 0.0554. The van der Waals surface area contributed by atoms with Crippen LogP contribution in [0.2, 0.25) is 5.02 Å². The monoisotopic (exact) mass is 421 g/mol. The number of hydrogen-bond donors (Lipinski definition) is 0. The van der Waals surface area contributed by atoms with Gasteiger partial charge in [0.2, 0.25) is 11.7 Å². The van der Waals surface area contributed by atoms with Gasteiger partial charge in [0.15, 0.2) is 9.84 Å². The van der Waals surface area contributed by atoms with Crippen LogP contribution in [0.5, 0.6) is 0 Å². The van der Waals surface area contributed by atoms with Gasteiger partial charge in [-0.05, 0) is 36.8 Å². The van der Waals surface area contributed by atoms with E-state index in [9.17, 15) is 13.2 Å². The summed E-state index contributed by atoms with van der Waals surface area (Å²) in [5.74, 6) is 0.221. The van der Waals surface area contributed by atoms with Gasteiger partial charge in [0.1, 0.15) is 0 Å². The Kier molecular flexibility index (Phi) is 6.05. The Morgan fingerprint density at radius 2 is 2.11 bits per heavy atom. The minimum atomic E-state index is -3.54. The molecule has 28 heavy (non-hydrogen) atoms. The number of halogens is 1. The molecule has 3 aromatic rings. The van der Waals surface area contributed by atoms with E-state index in [1.807, 2.05) is 6.07 Å². The summed E-state index contributed by atoms with van der Waals surface area (Å²) < 4.78 is 33.7. The first-order chi connectivity index (χ1) is 13.3. The minimum Gasteiger partial charge on any atom is -0.462 e. The number of nitrogens with zero attached hydrogens (tertiary/aromatic N) is 3. The highest BCUT2D eigenvalue weighted by molar-refractivity contribution is 7.90. The summed E-state index contributed by atoms with van der Waals surface area (Å²) in [6.07, 6.45) is 5.20. The SMILES string of the molecule is CS(=O)(=O)c1cc(C(=O)OCCCc2nc(-c3cccnc3)no2)ccc1Cl. The van der Waals surface area contributed by atoms with Crippen LogP contribution in [0.15, 0.2) is 52.1 Å². The number of aryl methyl sites for hydroxylation is 1. The quantitative estimate of drug-likeness (QED) is 0.422. The van der Waals surface area contributed by atoms with Crippen molar-refractivity contribution in [1.29, 1.82) is 0 Å². The Hall–Kier alpha value is -2.78. The van der Waals surface area contributed by atoms with Crippen LogP contribution in [0, 0.1) is 0 Å². The van der Waals surface area contributed by atoms with Gasteiger partial charge >= 0.3 is 5.97 Å². The van der Waals surface area contributed by atoms with Gasteiger partial charge in [0.25, 0.3) is 0 Å². The Morgan fingerprint density at radius 3 is 2.82 bits per heavy atom. The lowest BCUT2D eigenvalue weighted by molar-refractivity contribution is 0.0498. The lowest BCUT2D eigenvalue weighted by atomic mass is 10.2. The largest absolute Gasteiger partial charge is 0.462 e. The van der Waals surface area contributed by atoms with E-state index in [4.69, 9.17) is 20.9 Å². The van der Waals surface area contributed by atoms with Crippen LogP contribution < -0.4 is 0 Å². The van der Waals surface area contributed by atoms with Crippen molar-refractivity contribution in [3.05, 3.63) is 59.2 Å². The Balaban J connectivity index is 1.53. The van der Waals surface area contributed by atoms with Crippen LogP contribution in [0.4, 0.5) is 0 Å². The molecule has 0 bridgehead atoms. The van der Waals surface area contributed by atoms with Crippen molar-refractivity contribution < 1.29 is 22.5 Å². The van der Waals surface area contributed by atoms with E-state index in [1.54, 1.807) is 18.5 Å². The molecule has 0 radical (unpaired) electrons. The van der Waals surface area contributed by atoms with Gasteiger partial charge < -0.3 is 9.26 Å². The maximum absolute atomic E-state index is 12.1. The third-order valence-corrected chi connectivity index (χ3v) is 5.30. The van der Waals surface area contributed by atoms with E-state index in [1.165, 1.54) is 18.2 Å². The molecule has 2 aromatic heterocycles. The highest BCUT2D eigenvalue weighted by Crippen LogP contribution is 2.23. The lowest BCUT2D eigenvalue weighted by Crippen LogP contribution is -2.09. The molecule has 0 atom stereocenters. The number of benzene rings is 1. The van der Waals surface area contributed by atoms with E-state index in [0.29, 0.717) is 24.6 Å². The molecule has 0 fully saturated rings. The fourth-order valence-electron chi connectivity index (χ4n) is 2.35. The van der Waals surface area contributed by atoms with E-state index >= 15 is 0 Å². The molecule has 1 aromatic carbocycles. The average Bonchev–Trinajstić information content (AvgIpc) is 3.14. The number of rotatable bonds is 7. The predicted octanol–water partition coefficient (Wildman–Crippen LogP) is 2.98. The fourth-order valence-corrected chi connectivity index (χ4v) is 3.66. The number of ether oxygens (including phenoxy) is 1. The number of hydrogen-bond acceptors (Lipinski definition) is 8. The van der Waals surface area contributed by atoms with Gasteiger partial charge in [-0.25, -0.2) is 13.2 Å². The number of pyridine rings is 1. The third-order valence-electron chi connectivity index (χ3n) is 3.72. The molecular formula is C18H16ClN3O5S. The second-order valence-electron chi connectivity index (χ2n) is 5.91. The average molecular weight is 422 g/mol. The summed E-state index contributed by atoms with van der Waals surface area (Å²) >= 11 is 5.87. The Labute approximate surface area is 166 Å². The summed E-state index contributed by atoms with van der Waals surface area (Å²) in [6.45, 7) is 0.111. The van der Waals surface area contributed by atoms with Gasteiger partial charge in [0.05, 0.1) is 22.1 Å². The number of esters is 1. The normalized spacial score (nSPS) is 11.4. The smallest absolute Gasteiger partial charge is 0.338 e. The number of aromatic nitrogens is 3. The van der Waals surface area contributed by atoms with Gasteiger partial charge in [-0.2, -0.15) is 4.98 Å². The molecule has 10 heteroatoms. The van der Waals surface area contributed by atoms with Crippen molar-refractivity contribution in [2.24, 2.45) is 0 Å². The molecule has 0 unspecified atom stereocenters. The molecule has 0 saturated carbocycles. The summed E-state index contributed by atoms with van der Waals surface area (Å²) in [7, 11) is -3.54. The molecule has 8 nitrogen and oxygen atoms in total. The molecule has 0 aliphatic carbocycles. The standard InChI is InChI=1S/C18H16ClN3O5S/c1-28(24,25)15-10-12(6-7-14(15)19)18(23)26-9-3-5-16-21-17(22-27-16)13-4-2-8-20-11-13/h2,4,6-8,10-11H,3,5,9H2,1H3. The van der Waals surface area contributed by atoms with Crippen molar-refractivity contribution in [3.8, 4) is 11.4 Å². The van der Waals surface area contributed by atoms with E-state index in [-0.39, 0.29) is 22.1 Å². The highest BCUT2D eigenvalue weighted by atomic mass is 35.5. The molecule has 0 spiro atoms.